The molecule has 7 heteroatoms. The zero-order chi connectivity index (χ0) is 16.6. The summed E-state index contributed by atoms with van der Waals surface area (Å²) in [6.07, 6.45) is -1.02. The average molecular weight is 319 g/mol. The predicted octanol–water partition coefficient (Wildman–Crippen LogP) is 3.60. The van der Waals surface area contributed by atoms with Crippen molar-refractivity contribution in [1.29, 1.82) is 0 Å². The lowest BCUT2D eigenvalue weighted by atomic mass is 10.1. The summed E-state index contributed by atoms with van der Waals surface area (Å²) in [6.45, 7) is 4.12. The summed E-state index contributed by atoms with van der Waals surface area (Å²) in [5.74, 6) is 0.222. The van der Waals surface area contributed by atoms with Crippen molar-refractivity contribution >= 4 is 11.0 Å². The third kappa shape index (κ3) is 2.77. The first-order valence-electron chi connectivity index (χ1n) is 6.78. The molecule has 0 amide bonds. The van der Waals surface area contributed by atoms with Gasteiger partial charge in [0.2, 0.25) is 0 Å². The molecular formula is C16H12F3N3O. The van der Waals surface area contributed by atoms with Gasteiger partial charge in [-0.25, -0.2) is 4.98 Å². The molecule has 0 spiro atoms. The fourth-order valence-corrected chi connectivity index (χ4v) is 2.31. The number of fused-ring (bicyclic) bond motifs is 1. The van der Waals surface area contributed by atoms with Crippen molar-refractivity contribution in [2.75, 3.05) is 0 Å². The third-order valence-corrected chi connectivity index (χ3v) is 3.44. The van der Waals surface area contributed by atoms with Crippen molar-refractivity contribution < 1.29 is 13.2 Å². The first kappa shape index (κ1) is 15.1. The molecule has 1 N–H and O–H groups in total. The van der Waals surface area contributed by atoms with E-state index in [1.165, 1.54) is 12.1 Å². The van der Waals surface area contributed by atoms with Crippen molar-refractivity contribution in [1.82, 2.24) is 14.5 Å². The van der Waals surface area contributed by atoms with Crippen molar-refractivity contribution in [3.05, 3.63) is 65.1 Å². The highest BCUT2D eigenvalue weighted by atomic mass is 19.4. The van der Waals surface area contributed by atoms with Gasteiger partial charge in [-0.15, -0.1) is 6.58 Å². The Kier molecular flexibility index (Phi) is 3.55. The number of rotatable bonds is 3. The van der Waals surface area contributed by atoms with E-state index in [-0.39, 0.29) is 11.4 Å². The molecule has 1 aromatic carbocycles. The molecule has 0 saturated carbocycles. The minimum absolute atomic E-state index is 0.222. The second kappa shape index (κ2) is 5.42. The predicted molar refractivity (Wildman–Crippen MR) is 81.0 cm³/mol. The summed E-state index contributed by atoms with van der Waals surface area (Å²) in [7, 11) is 0. The lowest BCUT2D eigenvalue weighted by Gasteiger charge is -2.08. The molecule has 118 valence electrons. The van der Waals surface area contributed by atoms with E-state index < -0.39 is 11.7 Å². The molecule has 0 aliphatic rings. The maximum atomic E-state index is 12.6. The van der Waals surface area contributed by atoms with Crippen LogP contribution in [-0.2, 0) is 12.7 Å². The first-order chi connectivity index (χ1) is 10.9. The first-order valence-corrected chi connectivity index (χ1v) is 6.78. The van der Waals surface area contributed by atoms with E-state index >= 15 is 0 Å². The highest BCUT2D eigenvalue weighted by Crippen LogP contribution is 2.30. The Balaban J connectivity index is 2.11. The zero-order valence-electron chi connectivity index (χ0n) is 11.9. The number of hydrogen-bond acceptors (Lipinski definition) is 2. The topological polar surface area (TPSA) is 50.7 Å². The van der Waals surface area contributed by atoms with Gasteiger partial charge in [0.25, 0.3) is 5.56 Å². The molecule has 0 saturated heterocycles. The normalized spacial score (nSPS) is 11.8. The van der Waals surface area contributed by atoms with Crippen LogP contribution >= 0.6 is 0 Å². The summed E-state index contributed by atoms with van der Waals surface area (Å²) < 4.78 is 39.6. The van der Waals surface area contributed by atoms with Crippen molar-refractivity contribution in [2.45, 2.75) is 12.7 Å². The molecular weight excluding hydrogens is 307 g/mol. The van der Waals surface area contributed by atoms with Gasteiger partial charge in [-0.2, -0.15) is 13.2 Å². The molecule has 0 atom stereocenters. The van der Waals surface area contributed by atoms with Crippen molar-refractivity contribution in [3.63, 3.8) is 0 Å². The van der Waals surface area contributed by atoms with Crippen molar-refractivity contribution in [2.24, 2.45) is 0 Å². The Morgan fingerprint density at radius 2 is 1.91 bits per heavy atom. The molecule has 0 radical (unpaired) electrons. The Labute approximate surface area is 128 Å². The van der Waals surface area contributed by atoms with E-state index in [0.717, 1.165) is 12.1 Å². The van der Waals surface area contributed by atoms with E-state index in [1.807, 2.05) is 0 Å². The minimum atomic E-state index is -4.40. The number of alkyl halides is 3. The summed E-state index contributed by atoms with van der Waals surface area (Å²) in [5, 5.41) is 0.419. The van der Waals surface area contributed by atoms with Crippen LogP contribution in [0, 0.1) is 0 Å². The molecule has 0 fully saturated rings. The number of nitrogens with one attached hydrogen (secondary N) is 1. The number of aromatic amines is 1. The van der Waals surface area contributed by atoms with Crippen LogP contribution in [-0.4, -0.2) is 14.5 Å². The van der Waals surface area contributed by atoms with E-state index in [1.54, 1.807) is 22.9 Å². The van der Waals surface area contributed by atoms with E-state index in [4.69, 9.17) is 0 Å². The number of H-pyrrole nitrogens is 1. The van der Waals surface area contributed by atoms with Crippen LogP contribution in [0.2, 0.25) is 0 Å². The largest absolute Gasteiger partial charge is 0.416 e. The van der Waals surface area contributed by atoms with Gasteiger partial charge in [0, 0.05) is 18.3 Å². The summed E-state index contributed by atoms with van der Waals surface area (Å²) in [5.41, 5.74) is -0.223. The van der Waals surface area contributed by atoms with Crippen LogP contribution in [0.1, 0.15) is 5.56 Å². The van der Waals surface area contributed by atoms with Gasteiger partial charge in [0.15, 0.2) is 0 Å². The van der Waals surface area contributed by atoms with Gasteiger partial charge >= 0.3 is 6.18 Å². The van der Waals surface area contributed by atoms with Gasteiger partial charge in [0.05, 0.1) is 10.9 Å². The van der Waals surface area contributed by atoms with Crippen LogP contribution in [0.5, 0.6) is 0 Å². The van der Waals surface area contributed by atoms with Crippen molar-refractivity contribution in [3.8, 4) is 11.4 Å². The van der Waals surface area contributed by atoms with Crippen LogP contribution in [0.15, 0.2) is 54.0 Å². The van der Waals surface area contributed by atoms with Crippen LogP contribution < -0.4 is 5.56 Å². The molecule has 0 aliphatic carbocycles. The van der Waals surface area contributed by atoms with Gasteiger partial charge in [-0.05, 0) is 18.2 Å². The number of hydrogen-bond donors (Lipinski definition) is 1. The smallest absolute Gasteiger partial charge is 0.328 e. The molecule has 3 rings (SSSR count). The molecule has 0 aliphatic heterocycles. The minimum Gasteiger partial charge on any atom is -0.328 e. The number of halogens is 3. The van der Waals surface area contributed by atoms with Gasteiger partial charge in [-0.3, -0.25) is 4.79 Å². The summed E-state index contributed by atoms with van der Waals surface area (Å²) in [4.78, 5) is 19.1. The van der Waals surface area contributed by atoms with Gasteiger partial charge in [-0.1, -0.05) is 18.2 Å². The summed E-state index contributed by atoms with van der Waals surface area (Å²) in [6, 6.07) is 6.13. The van der Waals surface area contributed by atoms with E-state index in [2.05, 4.69) is 16.5 Å². The van der Waals surface area contributed by atoms with E-state index in [9.17, 15) is 18.0 Å². The van der Waals surface area contributed by atoms with Gasteiger partial charge in [0.1, 0.15) is 11.5 Å². The fourth-order valence-electron chi connectivity index (χ4n) is 2.31. The Morgan fingerprint density at radius 3 is 2.52 bits per heavy atom. The Morgan fingerprint density at radius 1 is 1.22 bits per heavy atom. The van der Waals surface area contributed by atoms with Gasteiger partial charge < -0.3 is 9.55 Å². The molecule has 3 aromatic rings. The number of nitrogens with zero attached hydrogens (tertiary/aromatic N) is 2. The highest BCUT2D eigenvalue weighted by molar-refractivity contribution is 5.77. The fraction of sp³-hybridized carbons (Fsp3) is 0.125. The standard InChI is InChI=1S/C16H12F3N3O/c1-2-8-22-9-7-12-14(22)20-13(21-15(12)23)10-3-5-11(6-4-10)16(17,18)19/h2-7,9H,1,8H2,(H,20,21,23). The van der Waals surface area contributed by atoms with Crippen LogP contribution in [0.4, 0.5) is 13.2 Å². The number of aromatic nitrogens is 3. The maximum absolute atomic E-state index is 12.6. The second-order valence-corrected chi connectivity index (χ2v) is 4.98. The highest BCUT2D eigenvalue weighted by Gasteiger charge is 2.30. The quantitative estimate of drug-likeness (QED) is 0.750. The number of allylic oxidation sites excluding steroid dienone is 1. The number of benzene rings is 1. The van der Waals surface area contributed by atoms with E-state index in [0.29, 0.717) is 23.1 Å². The van der Waals surface area contributed by atoms with Crippen LogP contribution in [0.3, 0.4) is 0 Å². The lowest BCUT2D eigenvalue weighted by Crippen LogP contribution is -2.10. The molecule has 2 aromatic heterocycles. The second-order valence-electron chi connectivity index (χ2n) is 4.98. The molecule has 2 heterocycles. The Hall–Kier alpha value is -2.83. The lowest BCUT2D eigenvalue weighted by molar-refractivity contribution is -0.137. The molecule has 23 heavy (non-hydrogen) atoms. The zero-order valence-corrected chi connectivity index (χ0v) is 11.9. The van der Waals surface area contributed by atoms with Crippen LogP contribution in [0.25, 0.3) is 22.4 Å². The summed E-state index contributed by atoms with van der Waals surface area (Å²) >= 11 is 0. The average Bonchev–Trinajstić information content (AvgIpc) is 2.91. The maximum Gasteiger partial charge on any atom is 0.416 e. The monoisotopic (exact) mass is 319 g/mol. The molecule has 4 nitrogen and oxygen atoms in total. The SMILES string of the molecule is C=CCn1ccc2c(=O)[nH]c(-c3ccc(C(F)(F)F)cc3)nc21. The Bertz CT molecular complexity index is 920. The molecule has 0 bridgehead atoms. The molecule has 0 unspecified atom stereocenters. The third-order valence-electron chi connectivity index (χ3n) is 3.44.